The lowest BCUT2D eigenvalue weighted by Gasteiger charge is -2.33. The molecule has 2 atom stereocenters. The molecule has 0 bridgehead atoms. The largest absolute Gasteiger partial charge is 0.480 e. The van der Waals surface area contributed by atoms with E-state index in [9.17, 15) is 27.9 Å². The molecule has 0 aromatic heterocycles. The van der Waals surface area contributed by atoms with Gasteiger partial charge in [0, 0.05) is 13.0 Å². The fourth-order valence-corrected chi connectivity index (χ4v) is 5.10. The molecule has 218 valence electrons. The van der Waals surface area contributed by atoms with Crippen molar-refractivity contribution in [2.24, 2.45) is 5.92 Å². The van der Waals surface area contributed by atoms with E-state index in [0.717, 1.165) is 11.1 Å². The van der Waals surface area contributed by atoms with Crippen molar-refractivity contribution in [2.45, 2.75) is 70.8 Å². The van der Waals surface area contributed by atoms with Crippen LogP contribution in [0.25, 0.3) is 0 Å². The van der Waals surface area contributed by atoms with Crippen LogP contribution in [0.5, 0.6) is 0 Å². The number of amides is 2. The highest BCUT2D eigenvalue weighted by Gasteiger charge is 2.36. The maximum absolute atomic E-state index is 14.0. The number of carbonyl (C=O) groups is 3. The molecule has 2 aromatic carbocycles. The zero-order valence-electron chi connectivity index (χ0n) is 23.8. The summed E-state index contributed by atoms with van der Waals surface area (Å²) in [6, 6.07) is 15.7. The maximum atomic E-state index is 14.0. The Morgan fingerprint density at radius 1 is 0.975 bits per heavy atom. The summed E-state index contributed by atoms with van der Waals surface area (Å²) in [5.74, 6) is -1.77. The lowest BCUT2D eigenvalue weighted by Crippen LogP contribution is -2.54. The van der Waals surface area contributed by atoms with E-state index in [0.29, 0.717) is 0 Å². The minimum absolute atomic E-state index is 0.0199. The molecule has 2 N–H and O–H groups in total. The predicted molar refractivity (Wildman–Crippen MR) is 154 cm³/mol. The predicted octanol–water partition coefficient (Wildman–Crippen LogP) is 4.58. The first-order valence-electron chi connectivity index (χ1n) is 13.1. The van der Waals surface area contributed by atoms with Gasteiger partial charge in [-0.05, 0) is 44.2 Å². The van der Waals surface area contributed by atoms with Gasteiger partial charge in [-0.25, -0.2) is 18.0 Å². The molecule has 10 heteroatoms. The van der Waals surface area contributed by atoms with E-state index in [1.165, 1.54) is 25.7 Å². The zero-order valence-corrected chi connectivity index (χ0v) is 24.6. The average molecular weight is 573 g/mol. The standard InChI is InChI=1S/C30H40N2O7S/c1-21(2)17-26(28(34)35)32(19-24-15-11-8-12-16-24)27(33)25(18-23-13-9-7-10-14-23)31-29(36)39-20-22(3)40(37,38)30(4,5)6/h7-16,21,25-26H,3,17-20H2,1-2,4-6H3,(H,31,36)(H,34,35)/t25-,26-/m0/s1. The van der Waals surface area contributed by atoms with Crippen LogP contribution >= 0.6 is 0 Å². The number of rotatable bonds is 13. The molecule has 0 spiro atoms. The van der Waals surface area contributed by atoms with E-state index in [1.807, 2.05) is 26.0 Å². The van der Waals surface area contributed by atoms with Gasteiger partial charge in [0.25, 0.3) is 0 Å². The van der Waals surface area contributed by atoms with E-state index >= 15 is 0 Å². The van der Waals surface area contributed by atoms with Crippen molar-refractivity contribution in [3.63, 3.8) is 0 Å². The second-order valence-electron chi connectivity index (χ2n) is 11.1. The minimum atomic E-state index is -3.79. The fourth-order valence-electron chi connectivity index (χ4n) is 4.02. The molecule has 2 rings (SSSR count). The van der Waals surface area contributed by atoms with Gasteiger partial charge in [-0.1, -0.05) is 81.1 Å². The Hall–Kier alpha value is -3.66. The van der Waals surface area contributed by atoms with Crippen LogP contribution in [0, 0.1) is 5.92 Å². The lowest BCUT2D eigenvalue weighted by atomic mass is 9.99. The molecule has 9 nitrogen and oxygen atoms in total. The molecule has 0 fully saturated rings. The molecule has 2 amide bonds. The number of carboxylic acids is 1. The number of benzene rings is 2. The molecule has 0 aliphatic carbocycles. The monoisotopic (exact) mass is 572 g/mol. The minimum Gasteiger partial charge on any atom is -0.480 e. The van der Waals surface area contributed by atoms with E-state index < -0.39 is 51.2 Å². The Balaban J connectivity index is 2.37. The molecule has 0 unspecified atom stereocenters. The number of hydrogen-bond acceptors (Lipinski definition) is 6. The first-order chi connectivity index (χ1) is 18.6. The molecule has 40 heavy (non-hydrogen) atoms. The highest BCUT2D eigenvalue weighted by Crippen LogP contribution is 2.23. The number of hydrogen-bond donors (Lipinski definition) is 2. The van der Waals surface area contributed by atoms with Gasteiger partial charge in [0.1, 0.15) is 18.7 Å². The van der Waals surface area contributed by atoms with Crippen molar-refractivity contribution < 1.29 is 32.6 Å². The van der Waals surface area contributed by atoms with E-state index in [4.69, 9.17) is 4.74 Å². The number of carboxylic acid groups (broad SMARTS) is 1. The van der Waals surface area contributed by atoms with Crippen molar-refractivity contribution in [3.05, 3.63) is 83.3 Å². The molecular weight excluding hydrogens is 532 g/mol. The Bertz CT molecular complexity index is 1270. The normalized spacial score (nSPS) is 13.2. The molecule has 0 saturated carbocycles. The number of ether oxygens (including phenoxy) is 1. The summed E-state index contributed by atoms with van der Waals surface area (Å²) in [6.45, 7) is 11.3. The van der Waals surface area contributed by atoms with Crippen LogP contribution in [0.2, 0.25) is 0 Å². The topological polar surface area (TPSA) is 130 Å². The second-order valence-corrected chi connectivity index (χ2v) is 13.9. The highest BCUT2D eigenvalue weighted by molar-refractivity contribution is 7.96. The molecular formula is C30H40N2O7S. The van der Waals surface area contributed by atoms with Crippen molar-refractivity contribution in [1.82, 2.24) is 10.2 Å². The van der Waals surface area contributed by atoms with Crippen LogP contribution in [-0.4, -0.2) is 59.8 Å². The van der Waals surface area contributed by atoms with Gasteiger partial charge in [-0.2, -0.15) is 0 Å². The third-order valence-electron chi connectivity index (χ3n) is 6.26. The van der Waals surface area contributed by atoms with Crippen LogP contribution in [0.4, 0.5) is 4.79 Å². The van der Waals surface area contributed by atoms with Gasteiger partial charge >= 0.3 is 12.1 Å². The lowest BCUT2D eigenvalue weighted by molar-refractivity contribution is -0.152. The summed E-state index contributed by atoms with van der Waals surface area (Å²) in [6.07, 6.45) is -0.745. The third-order valence-corrected chi connectivity index (χ3v) is 8.75. The average Bonchev–Trinajstić information content (AvgIpc) is 2.88. The van der Waals surface area contributed by atoms with Gasteiger partial charge in [0.2, 0.25) is 5.91 Å². The summed E-state index contributed by atoms with van der Waals surface area (Å²) >= 11 is 0. The van der Waals surface area contributed by atoms with Gasteiger partial charge < -0.3 is 20.1 Å². The van der Waals surface area contributed by atoms with E-state index in [1.54, 1.807) is 48.5 Å². The van der Waals surface area contributed by atoms with Crippen LogP contribution < -0.4 is 5.32 Å². The quantitative estimate of drug-likeness (QED) is 0.359. The van der Waals surface area contributed by atoms with Crippen molar-refractivity contribution in [1.29, 1.82) is 0 Å². The fraction of sp³-hybridized carbons (Fsp3) is 0.433. The van der Waals surface area contributed by atoms with E-state index in [-0.39, 0.29) is 30.2 Å². The van der Waals surface area contributed by atoms with Crippen molar-refractivity contribution in [3.8, 4) is 0 Å². The molecule has 0 saturated heterocycles. The Morgan fingerprint density at radius 2 is 1.50 bits per heavy atom. The summed E-state index contributed by atoms with van der Waals surface area (Å²) < 4.78 is 29.2. The second kappa shape index (κ2) is 14.1. The summed E-state index contributed by atoms with van der Waals surface area (Å²) in [5, 5.41) is 12.6. The number of sulfone groups is 1. The number of carbonyl (C=O) groups excluding carboxylic acids is 2. The van der Waals surface area contributed by atoms with E-state index in [2.05, 4.69) is 11.9 Å². The SMILES string of the molecule is C=C(COC(=O)N[C@@H](Cc1ccccc1)C(=O)N(Cc1ccccc1)[C@@H](CC(C)C)C(=O)O)S(=O)(=O)C(C)(C)C. The smallest absolute Gasteiger partial charge is 0.408 e. The number of aliphatic carboxylic acids is 1. The molecule has 0 heterocycles. The van der Waals surface area contributed by atoms with Crippen LogP contribution in [0.3, 0.4) is 0 Å². The maximum Gasteiger partial charge on any atom is 0.408 e. The Morgan fingerprint density at radius 3 is 1.98 bits per heavy atom. The van der Waals surface area contributed by atoms with Gasteiger partial charge in [-0.15, -0.1) is 0 Å². The van der Waals surface area contributed by atoms with Crippen LogP contribution in [0.1, 0.15) is 52.2 Å². The first kappa shape index (κ1) is 32.6. The summed E-state index contributed by atoms with van der Waals surface area (Å²) in [4.78, 5) is 40.2. The Kier molecular flexibility index (Phi) is 11.5. The molecule has 0 radical (unpaired) electrons. The van der Waals surface area contributed by atoms with Crippen LogP contribution in [0.15, 0.2) is 72.1 Å². The molecule has 2 aromatic rings. The van der Waals surface area contributed by atoms with Gasteiger partial charge in [0.15, 0.2) is 9.84 Å². The van der Waals surface area contributed by atoms with Crippen LogP contribution in [-0.2, 0) is 37.1 Å². The third kappa shape index (κ3) is 9.22. The number of nitrogens with one attached hydrogen (secondary N) is 1. The molecule has 0 aliphatic heterocycles. The van der Waals surface area contributed by atoms with Gasteiger partial charge in [-0.3, -0.25) is 4.79 Å². The molecule has 0 aliphatic rings. The number of nitrogens with zero attached hydrogens (tertiary/aromatic N) is 1. The van der Waals surface area contributed by atoms with Crippen molar-refractivity contribution in [2.75, 3.05) is 6.61 Å². The first-order valence-corrected chi connectivity index (χ1v) is 14.6. The van der Waals surface area contributed by atoms with Crippen molar-refractivity contribution >= 4 is 27.8 Å². The zero-order chi connectivity index (χ0) is 30.1. The summed E-state index contributed by atoms with van der Waals surface area (Å²) in [7, 11) is -3.79. The van der Waals surface area contributed by atoms with Gasteiger partial charge in [0.05, 0.1) is 9.65 Å². The summed E-state index contributed by atoms with van der Waals surface area (Å²) in [5.41, 5.74) is 1.46. The number of alkyl carbamates (subject to hydrolysis) is 1. The Labute approximate surface area is 237 Å². The highest BCUT2D eigenvalue weighted by atomic mass is 32.2.